The van der Waals surface area contributed by atoms with Crippen molar-refractivity contribution in [3.05, 3.63) is 224 Å². The number of hydrogen-bond donors (Lipinski definition) is 9. The summed E-state index contributed by atoms with van der Waals surface area (Å²) in [6.07, 6.45) is 5.09. The van der Waals surface area contributed by atoms with Crippen LogP contribution in [0.25, 0.3) is 10.9 Å². The van der Waals surface area contributed by atoms with E-state index in [0.717, 1.165) is 39.7 Å². The number of amides is 3. The van der Waals surface area contributed by atoms with Crippen LogP contribution in [0.1, 0.15) is 91.2 Å². The van der Waals surface area contributed by atoms with Gasteiger partial charge in [-0.05, 0) is 166 Å². The van der Waals surface area contributed by atoms with Gasteiger partial charge in [0.05, 0.1) is 41.8 Å². The Morgan fingerprint density at radius 1 is 0.446 bits per heavy atom. The van der Waals surface area contributed by atoms with E-state index in [9.17, 15) is 51.1 Å². The van der Waals surface area contributed by atoms with Crippen LogP contribution < -0.4 is 55.9 Å². The van der Waals surface area contributed by atoms with Crippen molar-refractivity contribution in [3.63, 3.8) is 0 Å². The molecule has 0 saturated heterocycles. The highest BCUT2D eigenvalue weighted by atomic mass is 35.5. The summed E-state index contributed by atoms with van der Waals surface area (Å²) in [7, 11) is 1.70. The molecular formula is C70H85ClF4N10O7. The second-order valence-corrected chi connectivity index (χ2v) is 22.9. The third-order valence-electron chi connectivity index (χ3n) is 15.4. The molecule has 7 rings (SSSR count). The number of carbonyl (C=O) groups excluding carboxylic acids is 6. The summed E-state index contributed by atoms with van der Waals surface area (Å²) in [5.41, 5.74) is 38.1. The molecule has 0 aliphatic carbocycles. The summed E-state index contributed by atoms with van der Waals surface area (Å²) in [6.45, 7) is 1.26. The van der Waals surface area contributed by atoms with Crippen molar-refractivity contribution in [2.45, 2.75) is 133 Å². The Bertz CT molecular complexity index is 3570. The smallest absolute Gasteiger partial charge is 0.254 e. The minimum absolute atomic E-state index is 0.0602. The first-order valence-electron chi connectivity index (χ1n) is 30.8. The molecule has 22 heteroatoms. The van der Waals surface area contributed by atoms with Crippen molar-refractivity contribution < 1.29 is 46.3 Å². The third-order valence-corrected chi connectivity index (χ3v) is 15.6. The topological polar surface area (TPSA) is 317 Å². The van der Waals surface area contributed by atoms with Gasteiger partial charge in [0.1, 0.15) is 5.82 Å². The number of ketones is 3. The van der Waals surface area contributed by atoms with Crippen LogP contribution in [-0.4, -0.2) is 95.5 Å². The lowest BCUT2D eigenvalue weighted by Crippen LogP contribution is -2.49. The van der Waals surface area contributed by atoms with Crippen LogP contribution in [0.15, 0.2) is 156 Å². The fraction of sp³-hybridized carbons (Fsp3) is 0.357. The predicted molar refractivity (Wildman–Crippen MR) is 352 cm³/mol. The second-order valence-electron chi connectivity index (χ2n) is 22.5. The Balaban J connectivity index is 0.000000251. The van der Waals surface area contributed by atoms with Crippen LogP contribution >= 0.6 is 11.6 Å². The van der Waals surface area contributed by atoms with Gasteiger partial charge in [-0.1, -0.05) is 127 Å². The van der Waals surface area contributed by atoms with Crippen molar-refractivity contribution in [1.29, 1.82) is 0 Å². The number of fused-ring (bicyclic) bond motifs is 1. The van der Waals surface area contributed by atoms with E-state index >= 15 is 0 Å². The number of carbonyl (C=O) groups is 6. The molecule has 6 aromatic carbocycles. The SMILES string of the molecule is Cn1c(=O)c(CC(=O)[C@@H](CCc2ccccc2)NC(=O)[C@@H](N)CCCN)cc2ccccc21.NCCC[C@H](N)C(=O)N[C@H](CCc1ccccc1)C(=O)Cc1cc(Cl)ccc1F.NCCC[C@H](N)C(=O)N[C@H](CCc1ccccc1)C(=O)Cc1ccc(F)c(F)c1F. The summed E-state index contributed by atoms with van der Waals surface area (Å²) in [6, 6.07) is 39.1. The van der Waals surface area contributed by atoms with Gasteiger partial charge < -0.3 is 54.9 Å². The van der Waals surface area contributed by atoms with Gasteiger partial charge in [0.2, 0.25) is 17.7 Å². The zero-order valence-electron chi connectivity index (χ0n) is 51.8. The normalized spacial score (nSPS) is 13.0. The van der Waals surface area contributed by atoms with E-state index in [2.05, 4.69) is 16.0 Å². The predicted octanol–water partition coefficient (Wildman–Crippen LogP) is 7.01. The number of hydrogen-bond acceptors (Lipinski definition) is 13. The monoisotopic (exact) mass is 1290 g/mol. The average molecular weight is 1290 g/mol. The maximum atomic E-state index is 14.0. The molecule has 92 heavy (non-hydrogen) atoms. The van der Waals surface area contributed by atoms with Crippen LogP contribution in [0.3, 0.4) is 0 Å². The molecule has 6 atom stereocenters. The number of para-hydroxylation sites is 1. The minimum Gasteiger partial charge on any atom is -0.345 e. The van der Waals surface area contributed by atoms with Crippen LogP contribution in [-0.2, 0) is 74.3 Å². The van der Waals surface area contributed by atoms with E-state index in [1.54, 1.807) is 17.7 Å². The number of aryl methyl sites for hydroxylation is 4. The second kappa shape index (κ2) is 39.2. The van der Waals surface area contributed by atoms with Crippen LogP contribution in [0.5, 0.6) is 0 Å². The number of rotatable bonds is 33. The summed E-state index contributed by atoms with van der Waals surface area (Å²) in [4.78, 5) is 89.3. The van der Waals surface area contributed by atoms with Gasteiger partial charge in [-0.25, -0.2) is 17.6 Å². The number of nitrogens with two attached hydrogens (primary N) is 6. The van der Waals surface area contributed by atoms with Gasteiger partial charge in [0, 0.05) is 36.9 Å². The highest BCUT2D eigenvalue weighted by Gasteiger charge is 2.28. The zero-order chi connectivity index (χ0) is 67.1. The lowest BCUT2D eigenvalue weighted by atomic mass is 9.97. The maximum Gasteiger partial charge on any atom is 0.254 e. The molecule has 492 valence electrons. The standard InChI is InChI=1S/C26H32N4O3.C22H27ClFN3O2.C22H26F3N3O2/c1-30-23-12-6-5-10-19(23)16-20(26(30)33)17-24(31)22(14-13-18-8-3-2-4-9-18)29-25(32)21(28)11-7-15-27;23-17-9-10-18(24)16(13-17)14-21(28)20(11-8-15-5-2-1-3-6-15)27-22(29)19(26)7-4-12-25;23-16-10-9-15(20(24)21(16)25)13-19(29)18(11-8-14-5-2-1-3-6-14)28-22(30)17(27)7-4-12-26/h2-6,8-10,12,16,21-22H,7,11,13-15,17,27-28H2,1H3,(H,29,32);1-3,5-6,9-10,13,19-20H,4,7-8,11-12,14,25-26H2,(H,27,29);1-3,5-6,9-10,17-18H,4,7-8,11-13,26-27H2,(H,28,30)/t21-,22+;19-,20+;17-,18+/m000/s1. The van der Waals surface area contributed by atoms with Crippen molar-refractivity contribution in [1.82, 2.24) is 20.5 Å². The molecule has 1 heterocycles. The summed E-state index contributed by atoms with van der Waals surface area (Å²) in [5, 5.41) is 9.42. The van der Waals surface area contributed by atoms with Gasteiger partial charge >= 0.3 is 0 Å². The first-order valence-corrected chi connectivity index (χ1v) is 31.1. The first-order chi connectivity index (χ1) is 44.1. The highest BCUT2D eigenvalue weighted by molar-refractivity contribution is 6.30. The largest absolute Gasteiger partial charge is 0.345 e. The summed E-state index contributed by atoms with van der Waals surface area (Å²) >= 11 is 5.92. The number of benzene rings is 6. The van der Waals surface area contributed by atoms with Crippen LogP contribution in [0.4, 0.5) is 17.6 Å². The molecule has 0 aliphatic heterocycles. The van der Waals surface area contributed by atoms with Crippen molar-refractivity contribution in [3.8, 4) is 0 Å². The summed E-state index contributed by atoms with van der Waals surface area (Å²) in [5.74, 6) is -7.18. The Kier molecular flexibility index (Phi) is 31.7. The van der Waals surface area contributed by atoms with Gasteiger partial charge in [-0.2, -0.15) is 0 Å². The number of halogens is 5. The Labute approximate surface area is 539 Å². The van der Waals surface area contributed by atoms with E-state index in [-0.39, 0.29) is 53.4 Å². The molecule has 0 unspecified atom stereocenters. The van der Waals surface area contributed by atoms with E-state index in [1.807, 2.05) is 115 Å². The van der Waals surface area contributed by atoms with Crippen LogP contribution in [0, 0.1) is 23.3 Å². The third kappa shape index (κ3) is 24.4. The van der Waals surface area contributed by atoms with E-state index in [0.29, 0.717) is 101 Å². The summed E-state index contributed by atoms with van der Waals surface area (Å²) < 4.78 is 56.2. The molecule has 1 aromatic heterocycles. The zero-order valence-corrected chi connectivity index (χ0v) is 52.5. The van der Waals surface area contributed by atoms with Gasteiger partial charge in [0.15, 0.2) is 34.8 Å². The minimum atomic E-state index is -1.63. The molecule has 0 spiro atoms. The Hall–Kier alpha value is -8.28. The first kappa shape index (κ1) is 74.4. The number of Topliss-reactive ketones (excluding diaryl/α,β-unsaturated/α-hetero) is 3. The Morgan fingerprint density at radius 3 is 1.23 bits per heavy atom. The fourth-order valence-electron chi connectivity index (χ4n) is 9.98. The lowest BCUT2D eigenvalue weighted by molar-refractivity contribution is -0.128. The number of pyridine rings is 1. The number of nitrogens with zero attached hydrogens (tertiary/aromatic N) is 1. The molecule has 0 saturated carbocycles. The molecule has 0 fully saturated rings. The number of nitrogens with one attached hydrogen (secondary N) is 3. The van der Waals surface area contributed by atoms with Crippen molar-refractivity contribution in [2.75, 3.05) is 19.6 Å². The fourth-order valence-corrected chi connectivity index (χ4v) is 10.2. The molecule has 17 nitrogen and oxygen atoms in total. The van der Waals surface area contributed by atoms with Gasteiger partial charge in [0.25, 0.3) is 5.56 Å². The Morgan fingerprint density at radius 2 is 0.815 bits per heavy atom. The molecule has 15 N–H and O–H groups in total. The lowest BCUT2D eigenvalue weighted by Gasteiger charge is -2.20. The van der Waals surface area contributed by atoms with E-state index < -0.39 is 83.5 Å². The van der Waals surface area contributed by atoms with Crippen molar-refractivity contribution in [2.24, 2.45) is 41.4 Å². The van der Waals surface area contributed by atoms with Gasteiger partial charge in [-0.15, -0.1) is 0 Å². The number of aromatic nitrogens is 1. The van der Waals surface area contributed by atoms with E-state index in [4.69, 9.17) is 46.0 Å². The maximum absolute atomic E-state index is 14.0. The van der Waals surface area contributed by atoms with Crippen LogP contribution in [0.2, 0.25) is 5.02 Å². The molecule has 0 aliphatic rings. The average Bonchev–Trinajstić information content (AvgIpc) is 0.894. The quantitative estimate of drug-likeness (QED) is 0.0148. The molecule has 0 bridgehead atoms. The van der Waals surface area contributed by atoms with Crippen molar-refractivity contribution >= 4 is 57.6 Å². The van der Waals surface area contributed by atoms with Gasteiger partial charge in [-0.3, -0.25) is 33.6 Å². The molecule has 7 aromatic rings. The molecular weight excluding hydrogens is 1200 g/mol. The highest BCUT2D eigenvalue weighted by Crippen LogP contribution is 2.21. The molecule has 0 radical (unpaired) electrons. The van der Waals surface area contributed by atoms with E-state index in [1.165, 1.54) is 18.2 Å². The molecule has 3 amide bonds.